The molecule has 4 aromatic rings. The Bertz CT molecular complexity index is 3420. The zero-order valence-corrected chi connectivity index (χ0v) is 50.6. The number of ether oxygens (including phenoxy) is 2. The Morgan fingerprint density at radius 2 is 1.10 bits per heavy atom. The third-order valence-corrected chi connectivity index (χ3v) is 24.4. The Hall–Kier alpha value is -5.10. The van der Waals surface area contributed by atoms with Gasteiger partial charge >= 0.3 is 0 Å². The number of nitrogens with zero attached hydrogens (tertiary/aromatic N) is 2. The molecular weight excluding hydrogens is 1120 g/mol. The van der Waals surface area contributed by atoms with E-state index in [0.717, 1.165) is 92.2 Å². The van der Waals surface area contributed by atoms with Gasteiger partial charge in [0.2, 0.25) is 20.0 Å². The standard InChI is InChI=1S/2C32H39ClN2O5S/c2*1-31(2)14-4-3-7-28(36)25-11-8-23(25)18-35-19-32(15-5-6-21-16-24(33)10-12-26(21)32)20-40-29-13-9-22(17-27(29)35)30(37)34-41(31,38)39/h3,7,9-10,12-13,16-17,23,25,28,36H,4-6,8,11,14-15,18-20H2,1-2H3,(H,34,37);3-4,9-10,12-13,16-17,23,25,28,36H,5-8,11,14-15,18-20H2,1-2H3,(H,34,37)/b7-3+;4-3-/t2*23-,25+,28-,32-/m00/s1. The highest BCUT2D eigenvalue weighted by molar-refractivity contribution is 7.91. The second-order valence-corrected chi connectivity index (χ2v) is 31.4. The first kappa shape index (κ1) is 58.7. The van der Waals surface area contributed by atoms with E-state index < -0.39 is 53.6 Å². The molecule has 2 spiro atoms. The molecule has 440 valence electrons. The number of hydrogen-bond acceptors (Lipinski definition) is 12. The summed E-state index contributed by atoms with van der Waals surface area (Å²) >= 11 is 12.8. The van der Waals surface area contributed by atoms with Crippen molar-refractivity contribution >= 4 is 66.4 Å². The van der Waals surface area contributed by atoms with Crippen molar-refractivity contribution in [3.05, 3.63) is 141 Å². The first-order valence-corrected chi connectivity index (χ1v) is 33.1. The van der Waals surface area contributed by atoms with Gasteiger partial charge in [-0.1, -0.05) is 59.6 Å². The van der Waals surface area contributed by atoms with Crippen LogP contribution in [0.3, 0.4) is 0 Å². The van der Waals surface area contributed by atoms with Crippen LogP contribution in [0.2, 0.25) is 10.0 Å². The van der Waals surface area contributed by atoms with Gasteiger partial charge < -0.3 is 29.5 Å². The molecule has 8 aliphatic rings. The normalized spacial score (nSPS) is 31.5. The first-order chi connectivity index (χ1) is 39.0. The van der Waals surface area contributed by atoms with Gasteiger partial charge in [-0.15, -0.1) is 0 Å². The number of hydrogen-bond donors (Lipinski definition) is 4. The van der Waals surface area contributed by atoms with E-state index in [2.05, 4.69) is 43.5 Å². The summed E-state index contributed by atoms with van der Waals surface area (Å²) in [5, 5.41) is 23.7. The summed E-state index contributed by atoms with van der Waals surface area (Å²) in [5.74, 6) is 0.955. The molecule has 4 aromatic carbocycles. The quantitative estimate of drug-likeness (QED) is 0.122. The van der Waals surface area contributed by atoms with Gasteiger partial charge in [-0.2, -0.15) is 0 Å². The van der Waals surface area contributed by atoms with Crippen molar-refractivity contribution in [1.82, 2.24) is 9.44 Å². The molecular formula is C64H78Cl2N4O10S2. The summed E-state index contributed by atoms with van der Waals surface area (Å²) in [6.07, 6.45) is 17.7. The molecule has 4 heterocycles. The lowest BCUT2D eigenvalue weighted by Crippen LogP contribution is -2.49. The molecule has 4 bridgehead atoms. The SMILES string of the molecule is CC1(C)C/C=C\C[C@H](O)[C@@H]2CC[C@H]2CN2C[C@@]3(CCCc4cc(Cl)ccc43)COc3ccc(cc32)C(=O)NS1(=O)=O.CC1(C)CC/C=C/[C@H](O)[C@@H]2CC[C@H]2CN2C[C@@]3(CCCc4cc(Cl)ccc43)COc3ccc(cc32)C(=O)NS1(=O)=O. The molecule has 12 rings (SSSR count). The maximum atomic E-state index is 13.3. The van der Waals surface area contributed by atoms with Crippen molar-refractivity contribution in [1.29, 1.82) is 0 Å². The van der Waals surface area contributed by atoms with E-state index in [1.54, 1.807) is 64.1 Å². The van der Waals surface area contributed by atoms with Crippen LogP contribution in [-0.4, -0.2) is 100.0 Å². The molecule has 82 heavy (non-hydrogen) atoms. The summed E-state index contributed by atoms with van der Waals surface area (Å²) < 4.78 is 68.2. The van der Waals surface area contributed by atoms with Crippen LogP contribution < -0.4 is 28.7 Å². The lowest BCUT2D eigenvalue weighted by molar-refractivity contribution is 0.0177. The Kier molecular flexibility index (Phi) is 16.3. The second-order valence-electron chi connectivity index (χ2n) is 25.9. The number of allylic oxidation sites excluding steroid dienone is 2. The van der Waals surface area contributed by atoms with E-state index >= 15 is 0 Å². The summed E-state index contributed by atoms with van der Waals surface area (Å²) in [7, 11) is -7.94. The number of carbonyl (C=O) groups is 2. The number of amides is 2. The largest absolute Gasteiger partial charge is 0.490 e. The number of carbonyl (C=O) groups excluding carboxylic acids is 2. The molecule has 2 saturated carbocycles. The number of sulfonamides is 2. The van der Waals surface area contributed by atoms with Crippen LogP contribution in [0.1, 0.15) is 148 Å². The number of rotatable bonds is 0. The maximum Gasteiger partial charge on any atom is 0.264 e. The van der Waals surface area contributed by atoms with E-state index in [0.29, 0.717) is 69.5 Å². The number of fused-ring (bicyclic) bond motifs is 8. The van der Waals surface area contributed by atoms with E-state index in [1.165, 1.54) is 22.3 Å². The Morgan fingerprint density at radius 3 is 1.60 bits per heavy atom. The van der Waals surface area contributed by atoms with Gasteiger partial charge in [0.05, 0.1) is 46.3 Å². The van der Waals surface area contributed by atoms with Crippen molar-refractivity contribution in [2.75, 3.05) is 49.2 Å². The summed E-state index contributed by atoms with van der Waals surface area (Å²) in [6, 6.07) is 22.7. The van der Waals surface area contributed by atoms with Gasteiger partial charge in [0.15, 0.2) is 0 Å². The molecule has 0 radical (unpaired) electrons. The van der Waals surface area contributed by atoms with Crippen molar-refractivity contribution < 1.29 is 46.1 Å². The average Bonchev–Trinajstić information content (AvgIpc) is 3.72. The van der Waals surface area contributed by atoms with E-state index in [-0.39, 0.29) is 46.1 Å². The zero-order chi connectivity index (χ0) is 58.0. The number of aliphatic hydroxyl groups excluding tert-OH is 2. The fourth-order valence-corrected chi connectivity index (χ4v) is 16.5. The highest BCUT2D eigenvalue weighted by Crippen LogP contribution is 2.49. The van der Waals surface area contributed by atoms with E-state index in [4.69, 9.17) is 32.7 Å². The molecule has 2 fully saturated rings. The third kappa shape index (κ3) is 11.5. The van der Waals surface area contributed by atoms with Crippen LogP contribution in [-0.2, 0) is 43.7 Å². The molecule has 4 aliphatic carbocycles. The van der Waals surface area contributed by atoms with Crippen molar-refractivity contribution in [3.8, 4) is 11.5 Å². The molecule has 8 atom stereocenters. The van der Waals surface area contributed by atoms with Gasteiger partial charge in [0.1, 0.15) is 11.5 Å². The van der Waals surface area contributed by atoms with Crippen LogP contribution >= 0.6 is 23.2 Å². The molecule has 4 aliphatic heterocycles. The van der Waals surface area contributed by atoms with Crippen molar-refractivity contribution in [2.24, 2.45) is 23.7 Å². The monoisotopic (exact) mass is 1200 g/mol. The predicted molar refractivity (Wildman–Crippen MR) is 323 cm³/mol. The zero-order valence-electron chi connectivity index (χ0n) is 47.5. The summed E-state index contributed by atoms with van der Waals surface area (Å²) in [5.41, 5.74) is 6.64. The minimum absolute atomic E-state index is 0.128. The number of benzene rings is 4. The highest BCUT2D eigenvalue weighted by atomic mass is 35.5. The van der Waals surface area contributed by atoms with Crippen LogP contribution in [0.5, 0.6) is 11.5 Å². The number of anilines is 2. The molecule has 18 heteroatoms. The van der Waals surface area contributed by atoms with E-state index in [1.807, 2.05) is 36.4 Å². The van der Waals surface area contributed by atoms with Crippen LogP contribution in [0.25, 0.3) is 0 Å². The van der Waals surface area contributed by atoms with E-state index in [9.17, 15) is 36.6 Å². The van der Waals surface area contributed by atoms with Gasteiger partial charge in [-0.05, 0) is 224 Å². The smallest absolute Gasteiger partial charge is 0.264 e. The first-order valence-electron chi connectivity index (χ1n) is 29.4. The number of halogens is 2. The van der Waals surface area contributed by atoms with Gasteiger partial charge in [0, 0.05) is 58.2 Å². The van der Waals surface area contributed by atoms with Gasteiger partial charge in [0.25, 0.3) is 11.8 Å². The van der Waals surface area contributed by atoms with Gasteiger partial charge in [-0.25, -0.2) is 26.3 Å². The molecule has 2 amide bonds. The second kappa shape index (κ2) is 22.7. The van der Waals surface area contributed by atoms with Gasteiger partial charge in [-0.3, -0.25) is 9.59 Å². The minimum atomic E-state index is -3.98. The topological polar surface area (TPSA) is 192 Å². The minimum Gasteiger partial charge on any atom is -0.490 e. The molecule has 14 nitrogen and oxygen atoms in total. The summed E-state index contributed by atoms with van der Waals surface area (Å²) in [4.78, 5) is 31.3. The number of aryl methyl sites for hydroxylation is 2. The molecule has 0 unspecified atom stereocenters. The molecule has 4 N–H and O–H groups in total. The Balaban J connectivity index is 0.000000172. The maximum absolute atomic E-state index is 13.3. The molecule has 0 saturated heterocycles. The van der Waals surface area contributed by atoms with Crippen LogP contribution in [0.15, 0.2) is 97.1 Å². The Morgan fingerprint density at radius 1 is 0.598 bits per heavy atom. The molecule has 0 aromatic heterocycles. The fraction of sp³-hybridized carbons (Fsp3) is 0.531. The van der Waals surface area contributed by atoms with Crippen molar-refractivity contribution in [2.45, 2.75) is 150 Å². The fourth-order valence-electron chi connectivity index (χ4n) is 14.1. The lowest BCUT2D eigenvalue weighted by atomic mass is 9.68. The Labute approximate surface area is 494 Å². The summed E-state index contributed by atoms with van der Waals surface area (Å²) in [6.45, 7) is 10.3. The lowest BCUT2D eigenvalue weighted by Gasteiger charge is -2.45. The predicted octanol–water partition coefficient (Wildman–Crippen LogP) is 10.8. The van der Waals surface area contributed by atoms with Crippen molar-refractivity contribution in [3.63, 3.8) is 0 Å². The third-order valence-electron chi connectivity index (χ3n) is 19.7. The average molecular weight is 1200 g/mol. The van der Waals surface area contributed by atoms with Crippen LogP contribution in [0.4, 0.5) is 11.4 Å². The number of nitrogens with one attached hydrogen (secondary N) is 2. The number of aliphatic hydroxyl groups is 2. The van der Waals surface area contributed by atoms with Crippen LogP contribution in [0, 0.1) is 23.7 Å². The highest BCUT2D eigenvalue weighted by Gasteiger charge is 2.47.